The standard InChI is InChI=1S/C14H15BrFN3S/c1-19(7-12-4-10(15)8-20-12)6-9-2-3-11(16)5-13(9)14(17)18/h2-5,8H,6-7H2,1H3,(H3,17,18). The van der Waals surface area contributed by atoms with Crippen molar-refractivity contribution < 1.29 is 4.39 Å². The van der Waals surface area contributed by atoms with E-state index < -0.39 is 0 Å². The molecule has 1 heterocycles. The van der Waals surface area contributed by atoms with Crippen molar-refractivity contribution in [2.75, 3.05) is 7.05 Å². The fourth-order valence-corrected chi connectivity index (χ4v) is 3.52. The van der Waals surface area contributed by atoms with E-state index in [0.717, 1.165) is 16.6 Å². The van der Waals surface area contributed by atoms with Crippen LogP contribution >= 0.6 is 27.3 Å². The zero-order chi connectivity index (χ0) is 14.7. The van der Waals surface area contributed by atoms with E-state index in [9.17, 15) is 4.39 Å². The number of nitrogen functional groups attached to an aromatic ring is 1. The maximum Gasteiger partial charge on any atom is 0.123 e. The van der Waals surface area contributed by atoms with Crippen LogP contribution in [0.2, 0.25) is 0 Å². The second-order valence-electron chi connectivity index (χ2n) is 4.62. The van der Waals surface area contributed by atoms with Gasteiger partial charge in [-0.1, -0.05) is 6.07 Å². The van der Waals surface area contributed by atoms with Gasteiger partial charge in [-0.2, -0.15) is 0 Å². The molecule has 106 valence electrons. The predicted molar refractivity (Wildman–Crippen MR) is 84.6 cm³/mol. The molecule has 0 aliphatic carbocycles. The van der Waals surface area contributed by atoms with E-state index in [1.807, 2.05) is 12.4 Å². The minimum absolute atomic E-state index is 0.105. The summed E-state index contributed by atoms with van der Waals surface area (Å²) >= 11 is 5.12. The average Bonchev–Trinajstić information content (AvgIpc) is 2.76. The number of amidine groups is 1. The van der Waals surface area contributed by atoms with Crippen molar-refractivity contribution >= 4 is 33.1 Å². The highest BCUT2D eigenvalue weighted by Crippen LogP contribution is 2.22. The van der Waals surface area contributed by atoms with Crippen LogP contribution in [0.5, 0.6) is 0 Å². The van der Waals surface area contributed by atoms with Crippen LogP contribution in [-0.4, -0.2) is 17.8 Å². The summed E-state index contributed by atoms with van der Waals surface area (Å²) in [6.45, 7) is 1.41. The first kappa shape index (κ1) is 15.2. The summed E-state index contributed by atoms with van der Waals surface area (Å²) in [4.78, 5) is 3.35. The molecule has 1 aromatic carbocycles. The maximum atomic E-state index is 13.2. The van der Waals surface area contributed by atoms with Gasteiger partial charge < -0.3 is 5.73 Å². The largest absolute Gasteiger partial charge is 0.384 e. The van der Waals surface area contributed by atoms with Crippen LogP contribution < -0.4 is 5.73 Å². The number of benzene rings is 1. The lowest BCUT2D eigenvalue weighted by Crippen LogP contribution is -2.21. The molecule has 0 aliphatic rings. The van der Waals surface area contributed by atoms with Crippen molar-refractivity contribution in [2.45, 2.75) is 13.1 Å². The van der Waals surface area contributed by atoms with Gasteiger partial charge in [0.2, 0.25) is 0 Å². The lowest BCUT2D eigenvalue weighted by atomic mass is 10.1. The van der Waals surface area contributed by atoms with Gasteiger partial charge in [-0.3, -0.25) is 10.3 Å². The molecule has 0 amide bonds. The molecule has 0 saturated carbocycles. The van der Waals surface area contributed by atoms with Crippen molar-refractivity contribution in [2.24, 2.45) is 5.73 Å². The highest BCUT2D eigenvalue weighted by molar-refractivity contribution is 9.10. The molecule has 0 unspecified atom stereocenters. The van der Waals surface area contributed by atoms with Crippen molar-refractivity contribution in [3.8, 4) is 0 Å². The Kier molecular flexibility index (Phi) is 4.91. The van der Waals surface area contributed by atoms with Crippen molar-refractivity contribution in [1.29, 1.82) is 5.41 Å². The summed E-state index contributed by atoms with van der Waals surface area (Å²) in [5.41, 5.74) is 6.83. The molecule has 20 heavy (non-hydrogen) atoms. The second-order valence-corrected chi connectivity index (χ2v) is 6.53. The van der Waals surface area contributed by atoms with Gasteiger partial charge in [0.1, 0.15) is 11.7 Å². The highest BCUT2D eigenvalue weighted by Gasteiger charge is 2.10. The SMILES string of the molecule is CN(Cc1cc(Br)cs1)Cc1ccc(F)cc1C(=N)N. The molecule has 2 rings (SSSR count). The van der Waals surface area contributed by atoms with E-state index in [4.69, 9.17) is 11.1 Å². The minimum Gasteiger partial charge on any atom is -0.384 e. The van der Waals surface area contributed by atoms with Crippen LogP contribution in [0.3, 0.4) is 0 Å². The van der Waals surface area contributed by atoms with Crippen molar-refractivity contribution in [3.05, 3.63) is 55.9 Å². The molecule has 0 atom stereocenters. The number of thiophene rings is 1. The number of nitrogens with zero attached hydrogens (tertiary/aromatic N) is 1. The minimum atomic E-state index is -0.371. The Morgan fingerprint density at radius 3 is 2.75 bits per heavy atom. The van der Waals surface area contributed by atoms with Crippen LogP contribution in [0, 0.1) is 11.2 Å². The molecule has 2 aromatic rings. The second kappa shape index (κ2) is 6.47. The molecule has 0 spiro atoms. The van der Waals surface area contributed by atoms with Crippen LogP contribution in [-0.2, 0) is 13.1 Å². The third-order valence-electron chi connectivity index (χ3n) is 2.85. The van der Waals surface area contributed by atoms with Gasteiger partial charge in [-0.05, 0) is 46.7 Å². The molecule has 0 bridgehead atoms. The molecule has 1 aromatic heterocycles. The molecular formula is C14H15BrFN3S. The average molecular weight is 356 g/mol. The fourth-order valence-electron chi connectivity index (χ4n) is 1.99. The van der Waals surface area contributed by atoms with Gasteiger partial charge in [0.15, 0.2) is 0 Å². The number of nitrogens with one attached hydrogen (secondary N) is 1. The van der Waals surface area contributed by atoms with Crippen LogP contribution in [0.25, 0.3) is 0 Å². The van der Waals surface area contributed by atoms with E-state index in [2.05, 4.69) is 26.9 Å². The van der Waals surface area contributed by atoms with Gasteiger partial charge in [0, 0.05) is 33.4 Å². The summed E-state index contributed by atoms with van der Waals surface area (Å²) in [6, 6.07) is 6.48. The van der Waals surface area contributed by atoms with Gasteiger partial charge in [0.05, 0.1) is 0 Å². The Morgan fingerprint density at radius 1 is 1.40 bits per heavy atom. The Balaban J connectivity index is 2.11. The number of halogens is 2. The smallest absolute Gasteiger partial charge is 0.123 e. The predicted octanol–water partition coefficient (Wildman–Crippen LogP) is 3.57. The summed E-state index contributed by atoms with van der Waals surface area (Å²) in [5.74, 6) is -0.476. The van der Waals surface area contributed by atoms with Gasteiger partial charge in [-0.15, -0.1) is 11.3 Å². The monoisotopic (exact) mass is 355 g/mol. The van der Waals surface area contributed by atoms with Crippen molar-refractivity contribution in [1.82, 2.24) is 4.90 Å². The Bertz CT molecular complexity index is 627. The topological polar surface area (TPSA) is 53.1 Å². The van der Waals surface area contributed by atoms with E-state index in [1.54, 1.807) is 17.4 Å². The highest BCUT2D eigenvalue weighted by atomic mass is 79.9. The molecule has 0 aliphatic heterocycles. The molecular weight excluding hydrogens is 341 g/mol. The first-order valence-corrected chi connectivity index (χ1v) is 7.67. The number of hydrogen-bond acceptors (Lipinski definition) is 3. The zero-order valence-electron chi connectivity index (χ0n) is 11.0. The van der Waals surface area contributed by atoms with Crippen LogP contribution in [0.15, 0.2) is 34.1 Å². The third-order valence-corrected chi connectivity index (χ3v) is 4.53. The first-order valence-electron chi connectivity index (χ1n) is 6.00. The van der Waals surface area contributed by atoms with Gasteiger partial charge in [-0.25, -0.2) is 4.39 Å². The summed E-state index contributed by atoms with van der Waals surface area (Å²) in [6.07, 6.45) is 0. The summed E-state index contributed by atoms with van der Waals surface area (Å²) < 4.78 is 14.3. The summed E-state index contributed by atoms with van der Waals surface area (Å²) in [5, 5.41) is 9.57. The van der Waals surface area contributed by atoms with E-state index >= 15 is 0 Å². The lowest BCUT2D eigenvalue weighted by molar-refractivity contribution is 0.321. The molecule has 0 fully saturated rings. The third kappa shape index (κ3) is 3.88. The van der Waals surface area contributed by atoms with Gasteiger partial charge in [0.25, 0.3) is 0 Å². The number of nitrogens with two attached hydrogens (primary N) is 1. The first-order chi connectivity index (χ1) is 9.45. The molecule has 6 heteroatoms. The molecule has 0 radical (unpaired) electrons. The van der Waals surface area contributed by atoms with Gasteiger partial charge >= 0.3 is 0 Å². The van der Waals surface area contributed by atoms with Crippen molar-refractivity contribution in [3.63, 3.8) is 0 Å². The molecule has 3 nitrogen and oxygen atoms in total. The molecule has 3 N–H and O–H groups in total. The number of hydrogen-bond donors (Lipinski definition) is 2. The van der Waals surface area contributed by atoms with E-state index in [0.29, 0.717) is 12.1 Å². The zero-order valence-corrected chi connectivity index (χ0v) is 13.4. The Labute approximate surface area is 129 Å². The lowest BCUT2D eigenvalue weighted by Gasteiger charge is -2.18. The van der Waals surface area contributed by atoms with E-state index in [1.165, 1.54) is 17.0 Å². The summed E-state index contributed by atoms with van der Waals surface area (Å²) in [7, 11) is 1.99. The fraction of sp³-hybridized carbons (Fsp3) is 0.214. The van der Waals surface area contributed by atoms with E-state index in [-0.39, 0.29) is 11.7 Å². The number of rotatable bonds is 5. The Hall–Kier alpha value is -1.24. The normalized spacial score (nSPS) is 11.0. The molecule has 0 saturated heterocycles. The maximum absolute atomic E-state index is 13.2. The quantitative estimate of drug-likeness (QED) is 0.636. The Morgan fingerprint density at radius 2 is 2.15 bits per heavy atom. The van der Waals surface area contributed by atoms with Crippen LogP contribution in [0.1, 0.15) is 16.0 Å². The van der Waals surface area contributed by atoms with Crippen LogP contribution in [0.4, 0.5) is 4.39 Å².